The second kappa shape index (κ2) is 10.5. The van der Waals surface area contributed by atoms with Crippen molar-refractivity contribution >= 4 is 35.2 Å². The minimum atomic E-state index is -0.245. The molecular formula is C20H27Cl2N5O2. The van der Waals surface area contributed by atoms with Gasteiger partial charge in [-0.05, 0) is 37.5 Å². The van der Waals surface area contributed by atoms with Gasteiger partial charge in [0.25, 0.3) is 0 Å². The molecule has 0 saturated heterocycles. The summed E-state index contributed by atoms with van der Waals surface area (Å²) < 4.78 is 5.42. The Morgan fingerprint density at radius 1 is 1.28 bits per heavy atom. The maximum absolute atomic E-state index is 12.3. The molecule has 0 bridgehead atoms. The minimum Gasteiger partial charge on any atom is -0.496 e. The van der Waals surface area contributed by atoms with Crippen LogP contribution in [0.15, 0.2) is 12.1 Å². The number of anilines is 1. The number of methoxy groups -OCH3 is 1. The van der Waals surface area contributed by atoms with E-state index in [0.717, 1.165) is 24.8 Å². The summed E-state index contributed by atoms with van der Waals surface area (Å²) in [5, 5.41) is 6.65. The third-order valence-corrected chi connectivity index (χ3v) is 5.14. The first-order valence-corrected chi connectivity index (χ1v) is 10.3. The number of nitrogens with zero attached hydrogens (tertiary/aromatic N) is 2. The summed E-state index contributed by atoms with van der Waals surface area (Å²) in [4.78, 5) is 20.9. The van der Waals surface area contributed by atoms with Crippen LogP contribution in [-0.2, 0) is 6.54 Å². The summed E-state index contributed by atoms with van der Waals surface area (Å²) in [5.74, 6) is 0.555. The third kappa shape index (κ3) is 5.87. The highest BCUT2D eigenvalue weighted by molar-refractivity contribution is 6.37. The predicted molar refractivity (Wildman–Crippen MR) is 118 cm³/mol. The third-order valence-electron chi connectivity index (χ3n) is 4.62. The minimum absolute atomic E-state index is 0.0771. The monoisotopic (exact) mass is 439 g/mol. The normalized spacial score (nSPS) is 11.8. The maximum Gasteiger partial charge on any atom is 0.315 e. The van der Waals surface area contributed by atoms with Crippen LogP contribution in [0.4, 0.5) is 10.7 Å². The predicted octanol–water partition coefficient (Wildman–Crippen LogP) is 4.73. The van der Waals surface area contributed by atoms with Gasteiger partial charge in [-0.15, -0.1) is 0 Å². The van der Waals surface area contributed by atoms with E-state index in [0.29, 0.717) is 32.7 Å². The molecule has 0 radical (unpaired) electrons. The van der Waals surface area contributed by atoms with Crippen molar-refractivity contribution in [1.82, 2.24) is 20.6 Å². The maximum atomic E-state index is 12.3. The van der Waals surface area contributed by atoms with Crippen molar-refractivity contribution in [3.63, 3.8) is 0 Å². The number of rotatable bonds is 8. The summed E-state index contributed by atoms with van der Waals surface area (Å²) in [5.41, 5.74) is 8.37. The smallest absolute Gasteiger partial charge is 0.315 e. The van der Waals surface area contributed by atoms with E-state index >= 15 is 0 Å². The lowest BCUT2D eigenvalue weighted by atomic mass is 10.0. The molecule has 7 nitrogen and oxygen atoms in total. The first-order chi connectivity index (χ1) is 13.8. The fraction of sp³-hybridized carbons (Fsp3) is 0.450. The van der Waals surface area contributed by atoms with Crippen LogP contribution >= 0.6 is 23.2 Å². The number of hydrogen-bond acceptors (Lipinski definition) is 5. The number of nitrogen functional groups attached to an aromatic ring is 1. The zero-order valence-electron chi connectivity index (χ0n) is 17.1. The summed E-state index contributed by atoms with van der Waals surface area (Å²) in [7, 11) is 1.53. The number of halogens is 2. The van der Waals surface area contributed by atoms with Crippen molar-refractivity contribution in [3.05, 3.63) is 33.4 Å². The Labute approximate surface area is 181 Å². The van der Waals surface area contributed by atoms with Crippen molar-refractivity contribution in [2.75, 3.05) is 12.8 Å². The average molecular weight is 440 g/mol. The molecule has 4 N–H and O–H groups in total. The van der Waals surface area contributed by atoms with Crippen molar-refractivity contribution in [2.45, 2.75) is 52.6 Å². The zero-order chi connectivity index (χ0) is 21.6. The Morgan fingerprint density at radius 2 is 2.00 bits per heavy atom. The van der Waals surface area contributed by atoms with Crippen LogP contribution in [0, 0.1) is 6.92 Å². The fourth-order valence-electron chi connectivity index (χ4n) is 3.07. The van der Waals surface area contributed by atoms with Crippen molar-refractivity contribution in [1.29, 1.82) is 0 Å². The average Bonchev–Trinajstić information content (AvgIpc) is 2.67. The number of ether oxygens (including phenoxy) is 1. The quantitative estimate of drug-likeness (QED) is 0.551. The van der Waals surface area contributed by atoms with E-state index in [-0.39, 0.29) is 24.6 Å². The summed E-state index contributed by atoms with van der Waals surface area (Å²) in [6.45, 7) is 6.19. The van der Waals surface area contributed by atoms with Gasteiger partial charge < -0.3 is 21.1 Å². The first kappa shape index (κ1) is 23.0. The molecule has 0 aliphatic heterocycles. The highest BCUT2D eigenvalue weighted by Crippen LogP contribution is 2.40. The van der Waals surface area contributed by atoms with Crippen LogP contribution in [0.1, 0.15) is 44.4 Å². The molecular weight excluding hydrogens is 413 g/mol. The van der Waals surface area contributed by atoms with Crippen LogP contribution in [-0.4, -0.2) is 29.2 Å². The van der Waals surface area contributed by atoms with Gasteiger partial charge in [-0.2, -0.15) is 0 Å². The molecule has 1 unspecified atom stereocenters. The van der Waals surface area contributed by atoms with Crippen molar-refractivity contribution in [3.8, 4) is 17.0 Å². The van der Waals surface area contributed by atoms with Gasteiger partial charge in [0.05, 0.1) is 35.6 Å². The SMILES string of the molecule is CCCC(CC)NC(=O)NCc1nc(N)nc(-c2c(Cl)cc(Cl)cc2OC)c1C. The molecule has 1 aromatic carbocycles. The van der Waals surface area contributed by atoms with E-state index in [1.807, 2.05) is 13.8 Å². The molecule has 1 heterocycles. The molecule has 0 fully saturated rings. The molecule has 29 heavy (non-hydrogen) atoms. The molecule has 158 valence electrons. The van der Waals surface area contributed by atoms with E-state index in [1.54, 1.807) is 12.1 Å². The van der Waals surface area contributed by atoms with Crippen LogP contribution in [0.3, 0.4) is 0 Å². The summed E-state index contributed by atoms with van der Waals surface area (Å²) in [6, 6.07) is 3.17. The number of nitrogens with two attached hydrogens (primary N) is 1. The van der Waals surface area contributed by atoms with Gasteiger partial charge in [-0.3, -0.25) is 0 Å². The van der Waals surface area contributed by atoms with E-state index in [1.165, 1.54) is 7.11 Å². The molecule has 2 amide bonds. The van der Waals surface area contributed by atoms with Gasteiger partial charge in [-0.25, -0.2) is 14.8 Å². The molecule has 1 aromatic heterocycles. The number of hydrogen-bond donors (Lipinski definition) is 3. The van der Waals surface area contributed by atoms with Crippen LogP contribution < -0.4 is 21.1 Å². The standard InChI is InChI=1S/C20H27Cl2N5O2/c1-5-7-13(6-2)25-20(28)24-10-15-11(3)18(27-19(23)26-15)17-14(22)8-12(21)9-16(17)29-4/h8-9,13H,5-7,10H2,1-4H3,(H2,23,26,27)(H2,24,25,28). The first-order valence-electron chi connectivity index (χ1n) is 9.51. The number of carbonyl (C=O) groups is 1. The number of aromatic nitrogens is 2. The summed E-state index contributed by atoms with van der Waals surface area (Å²) >= 11 is 12.5. The topological polar surface area (TPSA) is 102 Å². The Bertz CT molecular complexity index is 876. The van der Waals surface area contributed by atoms with E-state index in [9.17, 15) is 4.79 Å². The Morgan fingerprint density at radius 3 is 2.62 bits per heavy atom. The lowest BCUT2D eigenvalue weighted by molar-refractivity contribution is 0.235. The molecule has 0 aliphatic rings. The van der Waals surface area contributed by atoms with Crippen molar-refractivity contribution in [2.24, 2.45) is 0 Å². The molecule has 2 aromatic rings. The Kier molecular flexibility index (Phi) is 8.34. The molecule has 0 spiro atoms. The highest BCUT2D eigenvalue weighted by atomic mass is 35.5. The molecule has 9 heteroatoms. The molecule has 1 atom stereocenters. The number of urea groups is 1. The van der Waals surface area contributed by atoms with Gasteiger partial charge in [0.15, 0.2) is 0 Å². The van der Waals surface area contributed by atoms with Crippen LogP contribution in [0.25, 0.3) is 11.3 Å². The van der Waals surface area contributed by atoms with Gasteiger partial charge in [-0.1, -0.05) is 43.5 Å². The van der Waals surface area contributed by atoms with E-state index in [4.69, 9.17) is 33.7 Å². The number of carbonyl (C=O) groups excluding carboxylic acids is 1. The largest absolute Gasteiger partial charge is 0.496 e. The van der Waals surface area contributed by atoms with E-state index in [2.05, 4.69) is 27.5 Å². The molecule has 0 saturated carbocycles. The second-order valence-corrected chi connectivity index (χ2v) is 7.53. The molecule has 2 rings (SSSR count). The van der Waals surface area contributed by atoms with Gasteiger partial charge >= 0.3 is 6.03 Å². The van der Waals surface area contributed by atoms with Gasteiger partial charge in [0.2, 0.25) is 5.95 Å². The van der Waals surface area contributed by atoms with Gasteiger partial charge in [0, 0.05) is 11.1 Å². The zero-order valence-corrected chi connectivity index (χ0v) is 18.6. The van der Waals surface area contributed by atoms with Gasteiger partial charge in [0.1, 0.15) is 5.75 Å². The number of benzene rings is 1. The van der Waals surface area contributed by atoms with Crippen LogP contribution in [0.5, 0.6) is 5.75 Å². The number of amides is 2. The lowest BCUT2D eigenvalue weighted by Gasteiger charge is -2.18. The van der Waals surface area contributed by atoms with Crippen molar-refractivity contribution < 1.29 is 9.53 Å². The highest BCUT2D eigenvalue weighted by Gasteiger charge is 2.19. The second-order valence-electron chi connectivity index (χ2n) is 6.69. The Hall–Kier alpha value is -2.25. The summed E-state index contributed by atoms with van der Waals surface area (Å²) in [6.07, 6.45) is 2.82. The lowest BCUT2D eigenvalue weighted by Crippen LogP contribution is -2.41. The fourth-order valence-corrected chi connectivity index (χ4v) is 3.63. The molecule has 0 aliphatic carbocycles. The Balaban J connectivity index is 2.30. The van der Waals surface area contributed by atoms with Crippen LogP contribution in [0.2, 0.25) is 10.0 Å². The number of nitrogens with one attached hydrogen (secondary N) is 2. The van der Waals surface area contributed by atoms with E-state index < -0.39 is 0 Å².